The van der Waals surface area contributed by atoms with Crippen LogP contribution in [0.2, 0.25) is 0 Å². The Morgan fingerprint density at radius 3 is 2.58 bits per heavy atom. The molecule has 0 amide bonds. The Bertz CT molecular complexity index is 784. The number of aliphatic hydroxyl groups excluding tert-OH is 3. The molecule has 6 N–H and O–H groups in total. The molecule has 1 aromatic heterocycles. The van der Waals surface area contributed by atoms with Crippen LogP contribution in [0, 0.1) is 0 Å². The van der Waals surface area contributed by atoms with Gasteiger partial charge in [0.1, 0.15) is 23.9 Å². The molecule has 0 spiro atoms. The quantitative estimate of drug-likeness (QED) is 0.385. The zero-order valence-electron chi connectivity index (χ0n) is 12.3. The molecule has 1 aromatic carbocycles. The summed E-state index contributed by atoms with van der Waals surface area (Å²) in [6, 6.07) is 5.22. The molecule has 2 heterocycles. The highest BCUT2D eigenvalue weighted by Crippen LogP contribution is 2.33. The van der Waals surface area contributed by atoms with Crippen LogP contribution < -0.4 is 10.4 Å². The Morgan fingerprint density at radius 1 is 1.12 bits per heavy atom. The van der Waals surface area contributed by atoms with Crippen LogP contribution in [0.3, 0.4) is 0 Å². The fourth-order valence-corrected chi connectivity index (χ4v) is 2.49. The third-order valence-electron chi connectivity index (χ3n) is 3.81. The molecule has 1 fully saturated rings. The number of ether oxygens (including phenoxy) is 2. The molecule has 24 heavy (non-hydrogen) atoms. The van der Waals surface area contributed by atoms with Crippen LogP contribution in [0.1, 0.15) is 0 Å². The lowest BCUT2D eigenvalue weighted by molar-refractivity contribution is -0.277. The predicted molar refractivity (Wildman–Crippen MR) is 79.9 cm³/mol. The van der Waals surface area contributed by atoms with Gasteiger partial charge in [-0.3, -0.25) is 0 Å². The monoisotopic (exact) mass is 341 g/mol. The van der Waals surface area contributed by atoms with Gasteiger partial charge < -0.3 is 39.4 Å². The average Bonchev–Trinajstić information content (AvgIpc) is 2.56. The minimum Gasteiger partial charge on any atom is -0.504 e. The maximum absolute atomic E-state index is 11.2. The van der Waals surface area contributed by atoms with E-state index in [0.29, 0.717) is 5.39 Å². The van der Waals surface area contributed by atoms with Gasteiger partial charge in [-0.2, -0.15) is 0 Å². The van der Waals surface area contributed by atoms with Gasteiger partial charge in [0.2, 0.25) is 6.29 Å². The molecule has 0 bridgehead atoms. The zero-order valence-corrected chi connectivity index (χ0v) is 12.3. The third-order valence-corrected chi connectivity index (χ3v) is 3.81. The SMILES string of the molecule is O=c1ccc2cc(OC3OC(C[OH2+])C(O)C(O)C3O)c(O)cc2o1. The Hall–Kier alpha value is -2.17. The van der Waals surface area contributed by atoms with Crippen molar-refractivity contribution in [3.8, 4) is 11.5 Å². The molecule has 5 atom stereocenters. The molecular weight excluding hydrogens is 324 g/mol. The van der Waals surface area contributed by atoms with E-state index in [0.717, 1.165) is 0 Å². The maximum atomic E-state index is 11.2. The van der Waals surface area contributed by atoms with Gasteiger partial charge in [-0.1, -0.05) is 0 Å². The number of fused-ring (bicyclic) bond motifs is 1. The third kappa shape index (κ3) is 2.95. The zero-order chi connectivity index (χ0) is 17.4. The van der Waals surface area contributed by atoms with E-state index in [-0.39, 0.29) is 23.7 Å². The van der Waals surface area contributed by atoms with Crippen molar-refractivity contribution in [2.24, 2.45) is 0 Å². The second kappa shape index (κ2) is 6.38. The van der Waals surface area contributed by atoms with Crippen molar-refractivity contribution < 1.29 is 39.4 Å². The Balaban J connectivity index is 1.89. The van der Waals surface area contributed by atoms with Gasteiger partial charge in [-0.15, -0.1) is 0 Å². The van der Waals surface area contributed by atoms with Gasteiger partial charge in [-0.25, -0.2) is 4.79 Å². The summed E-state index contributed by atoms with van der Waals surface area (Å²) in [6.45, 7) is -0.348. The van der Waals surface area contributed by atoms with E-state index in [4.69, 9.17) is 19.0 Å². The number of aromatic hydroxyl groups is 1. The highest BCUT2D eigenvalue weighted by Gasteiger charge is 2.46. The van der Waals surface area contributed by atoms with Crippen molar-refractivity contribution in [2.75, 3.05) is 6.61 Å². The first-order valence-corrected chi connectivity index (χ1v) is 7.18. The van der Waals surface area contributed by atoms with Gasteiger partial charge in [0, 0.05) is 17.5 Å². The summed E-state index contributed by atoms with van der Waals surface area (Å²) in [4.78, 5) is 11.2. The van der Waals surface area contributed by atoms with Gasteiger partial charge in [0.15, 0.2) is 24.2 Å². The van der Waals surface area contributed by atoms with Gasteiger partial charge >= 0.3 is 5.63 Å². The van der Waals surface area contributed by atoms with Crippen LogP contribution >= 0.6 is 0 Å². The van der Waals surface area contributed by atoms with Crippen molar-refractivity contribution in [1.29, 1.82) is 0 Å². The van der Waals surface area contributed by atoms with E-state index in [2.05, 4.69) is 0 Å². The molecule has 2 aromatic rings. The summed E-state index contributed by atoms with van der Waals surface area (Å²) >= 11 is 0. The lowest BCUT2D eigenvalue weighted by atomic mass is 9.99. The number of rotatable bonds is 3. The molecule has 1 aliphatic heterocycles. The van der Waals surface area contributed by atoms with Crippen molar-refractivity contribution in [3.05, 3.63) is 34.7 Å². The topological polar surface area (TPSA) is 152 Å². The number of aliphatic hydroxyl groups is 3. The predicted octanol–water partition coefficient (Wildman–Crippen LogP) is -1.59. The van der Waals surface area contributed by atoms with Crippen molar-refractivity contribution in [3.63, 3.8) is 0 Å². The molecule has 0 saturated carbocycles. The number of hydrogen-bond donors (Lipinski definition) is 4. The van der Waals surface area contributed by atoms with Gasteiger partial charge in [0.25, 0.3) is 0 Å². The van der Waals surface area contributed by atoms with Crippen LogP contribution in [0.25, 0.3) is 11.0 Å². The summed E-state index contributed by atoms with van der Waals surface area (Å²) < 4.78 is 15.6. The van der Waals surface area contributed by atoms with E-state index in [9.17, 15) is 25.2 Å². The van der Waals surface area contributed by atoms with Gasteiger partial charge in [-0.05, 0) is 12.1 Å². The molecule has 130 valence electrons. The van der Waals surface area contributed by atoms with E-state index >= 15 is 0 Å². The first-order valence-electron chi connectivity index (χ1n) is 7.18. The number of phenolic OH excluding ortho intramolecular Hbond substituents is 1. The standard InChI is InChI=1S/C15H16O9/c16-5-10-12(19)13(20)14(21)15(24-10)23-9-3-6-1-2-11(18)22-8(6)4-7(9)17/h1-4,10,12-17,19-21H,5H2/p+1. The van der Waals surface area contributed by atoms with Crippen LogP contribution in [-0.4, -0.2) is 62.8 Å². The fourth-order valence-electron chi connectivity index (χ4n) is 2.49. The second-order valence-corrected chi connectivity index (χ2v) is 5.45. The molecule has 5 unspecified atom stereocenters. The van der Waals surface area contributed by atoms with Gasteiger partial charge in [0.05, 0.1) is 0 Å². The van der Waals surface area contributed by atoms with Crippen LogP contribution in [0.5, 0.6) is 11.5 Å². The van der Waals surface area contributed by atoms with E-state index < -0.39 is 36.3 Å². The van der Waals surface area contributed by atoms with E-state index in [1.165, 1.54) is 24.3 Å². The molecular formula is C15H17O9+. The molecule has 9 heteroatoms. The fraction of sp³-hybridized carbons (Fsp3) is 0.400. The van der Waals surface area contributed by atoms with Crippen molar-refractivity contribution in [2.45, 2.75) is 30.7 Å². The minimum atomic E-state index is -1.58. The minimum absolute atomic E-state index is 0.0762. The number of hydrogen-bond acceptors (Lipinski definition) is 8. The molecule has 1 aliphatic rings. The first kappa shape index (κ1) is 16.7. The summed E-state index contributed by atoms with van der Waals surface area (Å²) in [5.74, 6) is -0.441. The van der Waals surface area contributed by atoms with Crippen molar-refractivity contribution in [1.82, 2.24) is 0 Å². The molecule has 0 radical (unpaired) electrons. The summed E-state index contributed by atoms with van der Waals surface area (Å²) in [6.07, 6.45) is -6.99. The molecule has 0 aliphatic carbocycles. The normalized spacial score (nSPS) is 30.4. The number of phenols is 1. The maximum Gasteiger partial charge on any atom is 0.336 e. The summed E-state index contributed by atoms with van der Waals surface area (Å²) in [5.41, 5.74) is -0.422. The largest absolute Gasteiger partial charge is 0.504 e. The highest BCUT2D eigenvalue weighted by atomic mass is 16.7. The van der Waals surface area contributed by atoms with Crippen LogP contribution in [0.15, 0.2) is 33.5 Å². The van der Waals surface area contributed by atoms with Crippen LogP contribution in [-0.2, 0) is 4.74 Å². The second-order valence-electron chi connectivity index (χ2n) is 5.45. The molecule has 3 rings (SSSR count). The smallest absolute Gasteiger partial charge is 0.336 e. The highest BCUT2D eigenvalue weighted by molar-refractivity contribution is 5.80. The Labute approximate surface area is 134 Å². The van der Waals surface area contributed by atoms with Crippen molar-refractivity contribution >= 4 is 11.0 Å². The number of benzene rings is 1. The first-order chi connectivity index (χ1) is 11.4. The summed E-state index contributed by atoms with van der Waals surface area (Å²) in [7, 11) is 0. The molecule has 1 saturated heterocycles. The van der Waals surface area contributed by atoms with E-state index in [1.807, 2.05) is 0 Å². The van der Waals surface area contributed by atoms with Crippen LogP contribution in [0.4, 0.5) is 0 Å². The Morgan fingerprint density at radius 2 is 1.88 bits per heavy atom. The molecule has 9 nitrogen and oxygen atoms in total. The Kier molecular flexibility index (Phi) is 4.43. The lowest BCUT2D eigenvalue weighted by Gasteiger charge is -2.38. The lowest BCUT2D eigenvalue weighted by Crippen LogP contribution is -2.60. The van der Waals surface area contributed by atoms with E-state index in [1.54, 1.807) is 0 Å². The average molecular weight is 341 g/mol. The summed E-state index contributed by atoms with van der Waals surface area (Å²) in [5, 5.41) is 47.2.